The molecule has 2 rings (SSSR count). The number of fused-ring (bicyclic) bond motifs is 1. The van der Waals surface area contributed by atoms with Gasteiger partial charge in [-0.1, -0.05) is 10.3 Å². The van der Waals surface area contributed by atoms with Gasteiger partial charge in [-0.25, -0.2) is 9.42 Å². The Labute approximate surface area is 90.4 Å². The van der Waals surface area contributed by atoms with Crippen LogP contribution in [0.25, 0.3) is 0 Å². The fourth-order valence-electron chi connectivity index (χ4n) is 1.44. The summed E-state index contributed by atoms with van der Waals surface area (Å²) in [4.78, 5) is 12.8. The molecule has 0 aliphatic carbocycles. The summed E-state index contributed by atoms with van der Waals surface area (Å²) in [6.45, 7) is 2.35. The predicted octanol–water partition coefficient (Wildman–Crippen LogP) is 0.220. The quantitative estimate of drug-likeness (QED) is 0.543. The highest BCUT2D eigenvalue weighted by molar-refractivity contribution is 6.02. The third kappa shape index (κ3) is 1.69. The van der Waals surface area contributed by atoms with E-state index in [2.05, 4.69) is 20.1 Å². The summed E-state index contributed by atoms with van der Waals surface area (Å²) >= 11 is 0. The van der Waals surface area contributed by atoms with Crippen molar-refractivity contribution >= 4 is 11.8 Å². The monoisotopic (exact) mass is 226 g/mol. The van der Waals surface area contributed by atoms with E-state index in [1.807, 2.05) is 0 Å². The van der Waals surface area contributed by atoms with E-state index in [4.69, 9.17) is 9.94 Å². The first-order valence-corrected chi connectivity index (χ1v) is 4.70. The van der Waals surface area contributed by atoms with Crippen LogP contribution in [-0.2, 0) is 11.3 Å². The Morgan fingerprint density at radius 2 is 2.44 bits per heavy atom. The van der Waals surface area contributed by atoms with Crippen LogP contribution < -0.4 is 0 Å². The smallest absolute Gasteiger partial charge is 0.410 e. The molecule has 0 unspecified atom stereocenters. The van der Waals surface area contributed by atoms with Crippen LogP contribution in [0.3, 0.4) is 0 Å². The lowest BCUT2D eigenvalue weighted by atomic mass is 10.1. The first-order chi connectivity index (χ1) is 7.76. The molecule has 2 heterocycles. The predicted molar refractivity (Wildman–Crippen MR) is 50.1 cm³/mol. The topological polar surface area (TPSA) is 101 Å². The zero-order chi connectivity index (χ0) is 11.5. The van der Waals surface area contributed by atoms with Gasteiger partial charge < -0.3 is 9.94 Å². The molecule has 8 heteroatoms. The van der Waals surface area contributed by atoms with Gasteiger partial charge >= 0.3 is 6.09 Å². The van der Waals surface area contributed by atoms with E-state index in [0.29, 0.717) is 11.4 Å². The van der Waals surface area contributed by atoms with E-state index in [1.165, 1.54) is 4.90 Å². The van der Waals surface area contributed by atoms with Crippen molar-refractivity contribution in [1.29, 1.82) is 0 Å². The number of rotatable bonds is 1. The van der Waals surface area contributed by atoms with Gasteiger partial charge in [-0.05, 0) is 12.1 Å². The van der Waals surface area contributed by atoms with Crippen LogP contribution in [0.5, 0.6) is 0 Å². The molecule has 1 aromatic rings. The van der Waals surface area contributed by atoms with E-state index in [0.717, 1.165) is 0 Å². The van der Waals surface area contributed by atoms with Crippen molar-refractivity contribution in [3.63, 3.8) is 0 Å². The lowest BCUT2D eigenvalue weighted by molar-refractivity contribution is 0.108. The molecule has 1 aliphatic rings. The number of carbonyl (C=O) groups excluding carboxylic acids is 1. The highest BCUT2D eigenvalue weighted by atomic mass is 16.6. The van der Waals surface area contributed by atoms with Crippen LogP contribution in [-0.4, -0.2) is 45.4 Å². The van der Waals surface area contributed by atoms with Crippen molar-refractivity contribution in [3.05, 3.63) is 11.4 Å². The van der Waals surface area contributed by atoms with Gasteiger partial charge in [0.15, 0.2) is 5.69 Å². The lowest BCUT2D eigenvalue weighted by Gasteiger charge is -2.24. The Balaban J connectivity index is 2.22. The molecule has 1 aromatic heterocycles. The molecular weight excluding hydrogens is 216 g/mol. The first-order valence-electron chi connectivity index (χ1n) is 4.70. The molecule has 0 atom stereocenters. The first kappa shape index (κ1) is 10.4. The average molecular weight is 226 g/mol. The third-order valence-electron chi connectivity index (χ3n) is 2.16. The Bertz CT molecular complexity index is 427. The van der Waals surface area contributed by atoms with Gasteiger partial charge in [0, 0.05) is 0 Å². The molecule has 0 saturated heterocycles. The second kappa shape index (κ2) is 4.17. The SMILES string of the molecule is CCOC(=O)N1CC(=NO)c2nonc2C1. The maximum absolute atomic E-state index is 11.5. The molecule has 0 spiro atoms. The molecule has 0 fully saturated rings. The Morgan fingerprint density at radius 3 is 3.12 bits per heavy atom. The number of oxime groups is 1. The van der Waals surface area contributed by atoms with Crippen molar-refractivity contribution in [2.45, 2.75) is 13.5 Å². The fourth-order valence-corrected chi connectivity index (χ4v) is 1.44. The second-order valence-corrected chi connectivity index (χ2v) is 3.16. The van der Waals surface area contributed by atoms with Crippen molar-refractivity contribution < 1.29 is 19.4 Å². The number of ether oxygens (including phenoxy) is 1. The minimum absolute atomic E-state index is 0.122. The van der Waals surface area contributed by atoms with Crippen molar-refractivity contribution in [1.82, 2.24) is 15.2 Å². The molecule has 0 bridgehead atoms. The number of aromatic nitrogens is 2. The minimum Gasteiger partial charge on any atom is -0.450 e. The normalized spacial score (nSPS) is 17.3. The van der Waals surface area contributed by atoms with E-state index in [-0.39, 0.29) is 25.4 Å². The zero-order valence-corrected chi connectivity index (χ0v) is 8.58. The van der Waals surface area contributed by atoms with Gasteiger partial charge in [0.05, 0.1) is 19.7 Å². The summed E-state index contributed by atoms with van der Waals surface area (Å²) in [6, 6.07) is 0. The van der Waals surface area contributed by atoms with Crippen molar-refractivity contribution in [2.75, 3.05) is 13.2 Å². The Hall–Kier alpha value is -2.12. The molecule has 1 N–H and O–H groups in total. The second-order valence-electron chi connectivity index (χ2n) is 3.16. The number of amides is 1. The van der Waals surface area contributed by atoms with Gasteiger partial charge in [0.25, 0.3) is 0 Å². The average Bonchev–Trinajstić information content (AvgIpc) is 2.75. The summed E-state index contributed by atoms with van der Waals surface area (Å²) in [6.07, 6.45) is -0.489. The molecule has 8 nitrogen and oxygen atoms in total. The highest BCUT2D eigenvalue weighted by Crippen LogP contribution is 2.16. The highest BCUT2D eigenvalue weighted by Gasteiger charge is 2.30. The van der Waals surface area contributed by atoms with E-state index in [1.54, 1.807) is 6.92 Å². The van der Waals surface area contributed by atoms with Crippen LogP contribution >= 0.6 is 0 Å². The number of nitrogens with zero attached hydrogens (tertiary/aromatic N) is 4. The van der Waals surface area contributed by atoms with Gasteiger partial charge in [-0.3, -0.25) is 4.90 Å². The van der Waals surface area contributed by atoms with E-state index in [9.17, 15) is 4.79 Å². The standard InChI is InChI=1S/C8H10N4O4/c1-2-15-8(13)12-3-5(9-14)7-6(4-12)10-16-11-7/h14H,2-4H2,1H3. The van der Waals surface area contributed by atoms with Crippen LogP contribution in [0.15, 0.2) is 9.78 Å². The summed E-state index contributed by atoms with van der Waals surface area (Å²) < 4.78 is 9.35. The zero-order valence-electron chi connectivity index (χ0n) is 8.58. The largest absolute Gasteiger partial charge is 0.450 e. The minimum atomic E-state index is -0.489. The molecule has 1 aliphatic heterocycles. The Kier molecular flexibility index (Phi) is 2.71. The number of hydrogen-bond acceptors (Lipinski definition) is 7. The van der Waals surface area contributed by atoms with Crippen LogP contribution in [0, 0.1) is 0 Å². The Morgan fingerprint density at radius 1 is 1.62 bits per heavy atom. The van der Waals surface area contributed by atoms with Crippen LogP contribution in [0.4, 0.5) is 4.79 Å². The van der Waals surface area contributed by atoms with Gasteiger partial charge in [-0.15, -0.1) is 0 Å². The molecule has 1 amide bonds. The summed E-state index contributed by atoms with van der Waals surface area (Å²) in [5.41, 5.74) is 1.06. The fraction of sp³-hybridized carbons (Fsp3) is 0.500. The van der Waals surface area contributed by atoms with E-state index >= 15 is 0 Å². The summed E-state index contributed by atoms with van der Waals surface area (Å²) in [5.74, 6) is 0. The molecule has 0 radical (unpaired) electrons. The van der Waals surface area contributed by atoms with Crippen molar-refractivity contribution in [3.8, 4) is 0 Å². The summed E-state index contributed by atoms with van der Waals surface area (Å²) in [5, 5.41) is 19.1. The van der Waals surface area contributed by atoms with Gasteiger partial charge in [0.1, 0.15) is 11.4 Å². The number of hydrogen-bond donors (Lipinski definition) is 1. The van der Waals surface area contributed by atoms with Gasteiger partial charge in [0.2, 0.25) is 0 Å². The molecule has 0 saturated carbocycles. The van der Waals surface area contributed by atoms with Crippen molar-refractivity contribution in [2.24, 2.45) is 5.16 Å². The molecular formula is C8H10N4O4. The van der Waals surface area contributed by atoms with Gasteiger partial charge in [-0.2, -0.15) is 0 Å². The lowest BCUT2D eigenvalue weighted by Crippen LogP contribution is -2.40. The molecule has 16 heavy (non-hydrogen) atoms. The maximum Gasteiger partial charge on any atom is 0.410 e. The molecule has 0 aromatic carbocycles. The maximum atomic E-state index is 11.5. The number of carbonyl (C=O) groups is 1. The van der Waals surface area contributed by atoms with Crippen LogP contribution in [0.2, 0.25) is 0 Å². The third-order valence-corrected chi connectivity index (χ3v) is 2.16. The summed E-state index contributed by atoms with van der Waals surface area (Å²) in [7, 11) is 0. The van der Waals surface area contributed by atoms with E-state index < -0.39 is 6.09 Å². The van der Waals surface area contributed by atoms with Crippen LogP contribution in [0.1, 0.15) is 18.3 Å². The molecule has 86 valence electrons.